The van der Waals surface area contributed by atoms with Crippen LogP contribution in [0.2, 0.25) is 0 Å². The molecule has 0 rings (SSSR count). The lowest BCUT2D eigenvalue weighted by Gasteiger charge is -1.95. The second-order valence-corrected chi connectivity index (χ2v) is 5.43. The van der Waals surface area contributed by atoms with E-state index in [4.69, 9.17) is 0 Å². The van der Waals surface area contributed by atoms with Crippen molar-refractivity contribution >= 4 is 37.8 Å². The fourth-order valence-corrected chi connectivity index (χ4v) is 2.01. The van der Waals surface area contributed by atoms with Crippen LogP contribution in [0.15, 0.2) is 20.0 Å². The van der Waals surface area contributed by atoms with Crippen molar-refractivity contribution in [1.82, 2.24) is 0 Å². The first-order valence-electron chi connectivity index (χ1n) is 8.98. The van der Waals surface area contributed by atoms with Gasteiger partial charge >= 0.3 is 0 Å². The predicted molar refractivity (Wildman–Crippen MR) is 109 cm³/mol. The van der Waals surface area contributed by atoms with Crippen LogP contribution < -0.4 is 0 Å². The summed E-state index contributed by atoms with van der Waals surface area (Å²) in [6.45, 7) is 2.32. The Morgan fingerprint density at radius 2 is 0.556 bits per heavy atom. The SMILES string of the molecule is O=C=NCCCCCCCN=C=O.O=C=NCCCCCCCN=C=O.S. The van der Waals surface area contributed by atoms with Crippen LogP contribution in [0.4, 0.5) is 0 Å². The maximum Gasteiger partial charge on any atom is 0.234 e. The van der Waals surface area contributed by atoms with Gasteiger partial charge in [-0.2, -0.15) is 13.5 Å². The van der Waals surface area contributed by atoms with Gasteiger partial charge < -0.3 is 0 Å². The van der Waals surface area contributed by atoms with Crippen LogP contribution in [0.5, 0.6) is 0 Å². The molecule has 0 saturated carbocycles. The van der Waals surface area contributed by atoms with Crippen molar-refractivity contribution in [2.24, 2.45) is 20.0 Å². The van der Waals surface area contributed by atoms with Crippen LogP contribution in [0, 0.1) is 0 Å². The van der Waals surface area contributed by atoms with Gasteiger partial charge in [-0.3, -0.25) is 0 Å². The van der Waals surface area contributed by atoms with Crippen molar-refractivity contribution in [3.63, 3.8) is 0 Å². The summed E-state index contributed by atoms with van der Waals surface area (Å²) in [5, 5.41) is 0. The molecule has 0 aromatic carbocycles. The Morgan fingerprint density at radius 3 is 0.741 bits per heavy atom. The first-order valence-corrected chi connectivity index (χ1v) is 8.98. The molecule has 0 radical (unpaired) electrons. The third-order valence-electron chi connectivity index (χ3n) is 3.34. The summed E-state index contributed by atoms with van der Waals surface area (Å²) in [7, 11) is 0. The third kappa shape index (κ3) is 35.8. The molecule has 0 aromatic heterocycles. The molecule has 27 heavy (non-hydrogen) atoms. The zero-order chi connectivity index (χ0) is 19.6. The number of isocyanates is 4. The molecule has 8 nitrogen and oxygen atoms in total. The van der Waals surface area contributed by atoms with Crippen molar-refractivity contribution in [2.45, 2.75) is 64.2 Å². The topological polar surface area (TPSA) is 118 Å². The highest BCUT2D eigenvalue weighted by Gasteiger charge is 1.90. The summed E-state index contributed by atoms with van der Waals surface area (Å²) >= 11 is 0. The average molecular weight is 399 g/mol. The number of aliphatic imine (C=N–C) groups is 4. The molecule has 0 amide bonds. The Morgan fingerprint density at radius 1 is 0.370 bits per heavy atom. The Kier molecular flexibility index (Phi) is 34.7. The quantitative estimate of drug-likeness (QED) is 0.225. The van der Waals surface area contributed by atoms with Crippen molar-refractivity contribution in [2.75, 3.05) is 26.2 Å². The first-order chi connectivity index (χ1) is 12.8. The fourth-order valence-electron chi connectivity index (χ4n) is 2.01. The molecule has 152 valence electrons. The number of rotatable bonds is 16. The highest BCUT2D eigenvalue weighted by Crippen LogP contribution is 2.03. The van der Waals surface area contributed by atoms with E-state index in [-0.39, 0.29) is 13.5 Å². The molecule has 0 N–H and O–H groups in total. The van der Waals surface area contributed by atoms with E-state index in [0.717, 1.165) is 64.2 Å². The minimum atomic E-state index is 0. The first kappa shape index (κ1) is 29.6. The van der Waals surface area contributed by atoms with Gasteiger partial charge in [0.25, 0.3) is 0 Å². The molecule has 0 unspecified atom stereocenters. The monoisotopic (exact) mass is 398 g/mol. The van der Waals surface area contributed by atoms with Crippen LogP contribution >= 0.6 is 13.5 Å². The Bertz CT molecular complexity index is 415. The molecule has 0 aliphatic rings. The van der Waals surface area contributed by atoms with Crippen LogP contribution in [-0.2, 0) is 19.2 Å². The van der Waals surface area contributed by atoms with E-state index in [2.05, 4.69) is 20.0 Å². The van der Waals surface area contributed by atoms with Gasteiger partial charge in [0.15, 0.2) is 0 Å². The van der Waals surface area contributed by atoms with Gasteiger partial charge in [-0.15, -0.1) is 0 Å². The number of unbranched alkanes of at least 4 members (excludes halogenated alkanes) is 8. The summed E-state index contributed by atoms with van der Waals surface area (Å²) in [6.07, 6.45) is 16.2. The summed E-state index contributed by atoms with van der Waals surface area (Å²) in [6, 6.07) is 0. The molecule has 0 spiro atoms. The molecule has 0 bridgehead atoms. The Labute approximate surface area is 167 Å². The van der Waals surface area contributed by atoms with Crippen molar-refractivity contribution in [1.29, 1.82) is 0 Å². The van der Waals surface area contributed by atoms with Gasteiger partial charge in [0.05, 0.1) is 26.2 Å². The van der Waals surface area contributed by atoms with Crippen LogP contribution in [0.1, 0.15) is 64.2 Å². The number of hydrogen-bond donors (Lipinski definition) is 0. The fraction of sp³-hybridized carbons (Fsp3) is 0.778. The van der Waals surface area contributed by atoms with Crippen molar-refractivity contribution < 1.29 is 19.2 Å². The van der Waals surface area contributed by atoms with Crippen LogP contribution in [0.25, 0.3) is 0 Å². The second-order valence-electron chi connectivity index (χ2n) is 5.43. The maximum absolute atomic E-state index is 9.67. The maximum atomic E-state index is 9.67. The molecule has 0 saturated heterocycles. The number of carbonyl (C=O) groups excluding carboxylic acids is 4. The predicted octanol–water partition coefficient (Wildman–Crippen LogP) is 3.33. The zero-order valence-electron chi connectivity index (χ0n) is 15.8. The molecule has 0 atom stereocenters. The minimum absolute atomic E-state index is 0. The molecular weight excluding hydrogens is 368 g/mol. The van der Waals surface area contributed by atoms with Gasteiger partial charge in [0.2, 0.25) is 24.3 Å². The molecule has 0 aliphatic carbocycles. The summed E-state index contributed by atoms with van der Waals surface area (Å²) < 4.78 is 0. The van der Waals surface area contributed by atoms with E-state index < -0.39 is 0 Å². The van der Waals surface area contributed by atoms with Crippen molar-refractivity contribution in [3.8, 4) is 0 Å². The summed E-state index contributed by atoms with van der Waals surface area (Å²) in [4.78, 5) is 52.5. The van der Waals surface area contributed by atoms with Gasteiger partial charge in [0.1, 0.15) is 0 Å². The lowest BCUT2D eigenvalue weighted by Crippen LogP contribution is -1.84. The number of hydrogen-bond acceptors (Lipinski definition) is 8. The summed E-state index contributed by atoms with van der Waals surface area (Å²) in [5.41, 5.74) is 0. The standard InChI is InChI=1S/2C9H14N2O2.H2S/c2*12-8-10-6-4-2-1-3-5-7-11-9-13;/h2*1-7H2;1H2. The van der Waals surface area contributed by atoms with Gasteiger partial charge in [-0.25, -0.2) is 39.1 Å². The third-order valence-corrected chi connectivity index (χ3v) is 3.34. The van der Waals surface area contributed by atoms with E-state index in [0.29, 0.717) is 26.2 Å². The van der Waals surface area contributed by atoms with Crippen LogP contribution in [-0.4, -0.2) is 50.5 Å². The smallest absolute Gasteiger partial charge is 0.211 e. The minimum Gasteiger partial charge on any atom is -0.211 e. The Balaban J connectivity index is -0.000000411. The molecule has 0 heterocycles. The van der Waals surface area contributed by atoms with Crippen molar-refractivity contribution in [3.05, 3.63) is 0 Å². The lowest BCUT2D eigenvalue weighted by atomic mass is 10.1. The Hall–Kier alpha value is -2.13. The van der Waals surface area contributed by atoms with E-state index >= 15 is 0 Å². The van der Waals surface area contributed by atoms with Crippen LogP contribution in [0.3, 0.4) is 0 Å². The van der Waals surface area contributed by atoms with Gasteiger partial charge in [-0.05, 0) is 25.7 Å². The van der Waals surface area contributed by atoms with E-state index in [1.807, 2.05) is 0 Å². The van der Waals surface area contributed by atoms with E-state index in [1.54, 1.807) is 0 Å². The van der Waals surface area contributed by atoms with E-state index in [1.165, 1.54) is 24.3 Å². The largest absolute Gasteiger partial charge is 0.234 e. The highest BCUT2D eigenvalue weighted by molar-refractivity contribution is 7.59. The normalized spacial score (nSPS) is 8.30. The molecule has 0 aliphatic heterocycles. The van der Waals surface area contributed by atoms with E-state index in [9.17, 15) is 19.2 Å². The second kappa shape index (κ2) is 31.6. The molecule has 9 heteroatoms. The van der Waals surface area contributed by atoms with Gasteiger partial charge in [0, 0.05) is 0 Å². The molecule has 0 aromatic rings. The lowest BCUT2D eigenvalue weighted by molar-refractivity contribution is 0.557. The highest BCUT2D eigenvalue weighted by atomic mass is 32.1. The average Bonchev–Trinajstić information content (AvgIpc) is 2.66. The number of nitrogens with zero attached hydrogens (tertiary/aromatic N) is 4. The van der Waals surface area contributed by atoms with Gasteiger partial charge in [-0.1, -0.05) is 38.5 Å². The zero-order valence-corrected chi connectivity index (χ0v) is 16.8. The summed E-state index contributed by atoms with van der Waals surface area (Å²) in [5.74, 6) is 0. The molecular formula is C18H30N4O4S. The molecule has 0 fully saturated rings.